The minimum atomic E-state index is 0.753. The van der Waals surface area contributed by atoms with Crippen LogP contribution in [0.2, 0.25) is 0 Å². The number of hydrogen-bond donors (Lipinski definition) is 1. The van der Waals surface area contributed by atoms with Crippen molar-refractivity contribution in [3.63, 3.8) is 0 Å². The van der Waals surface area contributed by atoms with Crippen LogP contribution in [0.3, 0.4) is 0 Å². The van der Waals surface area contributed by atoms with Crippen molar-refractivity contribution in [2.45, 2.75) is 12.8 Å². The molecular weight excluding hydrogens is 258 g/mol. The van der Waals surface area contributed by atoms with Crippen LogP contribution in [0.1, 0.15) is 22.3 Å². The zero-order chi connectivity index (χ0) is 14.1. The van der Waals surface area contributed by atoms with Gasteiger partial charge >= 0.3 is 0 Å². The van der Waals surface area contributed by atoms with Gasteiger partial charge in [-0.15, -0.1) is 0 Å². The molecule has 1 heterocycles. The molecule has 1 aliphatic carbocycles. The molecule has 0 bridgehead atoms. The van der Waals surface area contributed by atoms with Crippen LogP contribution in [0.5, 0.6) is 0 Å². The first-order valence-corrected chi connectivity index (χ1v) is 7.67. The Morgan fingerprint density at radius 3 is 2.00 bits per heavy atom. The Hall–Kier alpha value is -2.06. The van der Waals surface area contributed by atoms with Gasteiger partial charge < -0.3 is 10.1 Å². The van der Waals surface area contributed by atoms with Gasteiger partial charge in [-0.1, -0.05) is 48.5 Å². The lowest BCUT2D eigenvalue weighted by atomic mass is 9.92. The molecule has 0 unspecified atom stereocenters. The van der Waals surface area contributed by atoms with E-state index in [1.807, 2.05) is 0 Å². The summed E-state index contributed by atoms with van der Waals surface area (Å²) in [6.07, 6.45) is 2.19. The van der Waals surface area contributed by atoms with Gasteiger partial charge in [-0.25, -0.2) is 0 Å². The maximum atomic E-state index is 6.00. The van der Waals surface area contributed by atoms with Crippen molar-refractivity contribution in [3.05, 3.63) is 76.5 Å². The number of rotatable bonds is 0. The van der Waals surface area contributed by atoms with E-state index in [1.165, 1.54) is 27.8 Å². The molecule has 0 spiro atoms. The summed E-state index contributed by atoms with van der Waals surface area (Å²) in [6, 6.07) is 17.5. The SMILES string of the molecule is c1ccc2c(c1)CCc1ccccc1C2=C1CNCCO1. The van der Waals surface area contributed by atoms with Crippen LogP contribution in [-0.4, -0.2) is 19.7 Å². The third-order valence-corrected chi connectivity index (χ3v) is 4.36. The minimum Gasteiger partial charge on any atom is -0.495 e. The van der Waals surface area contributed by atoms with Crippen molar-refractivity contribution in [2.75, 3.05) is 19.7 Å². The van der Waals surface area contributed by atoms with Crippen LogP contribution in [-0.2, 0) is 17.6 Å². The minimum absolute atomic E-state index is 0.753. The first-order valence-electron chi connectivity index (χ1n) is 7.67. The Morgan fingerprint density at radius 2 is 1.43 bits per heavy atom. The van der Waals surface area contributed by atoms with Crippen LogP contribution < -0.4 is 5.32 Å². The predicted molar refractivity (Wildman–Crippen MR) is 85.1 cm³/mol. The van der Waals surface area contributed by atoms with Gasteiger partial charge in [0.05, 0.1) is 6.54 Å². The number of benzene rings is 2. The Bertz CT molecular complexity index is 645. The molecule has 2 aromatic rings. The molecule has 4 rings (SSSR count). The molecule has 1 N–H and O–H groups in total. The Labute approximate surface area is 125 Å². The van der Waals surface area contributed by atoms with Crippen LogP contribution in [0.4, 0.5) is 0 Å². The summed E-state index contributed by atoms with van der Waals surface area (Å²) in [4.78, 5) is 0. The van der Waals surface area contributed by atoms with Crippen molar-refractivity contribution in [1.29, 1.82) is 0 Å². The fourth-order valence-electron chi connectivity index (χ4n) is 3.34. The molecule has 0 amide bonds. The van der Waals surface area contributed by atoms with E-state index in [1.54, 1.807) is 0 Å². The lowest BCUT2D eigenvalue weighted by molar-refractivity contribution is 0.180. The van der Waals surface area contributed by atoms with E-state index in [0.717, 1.165) is 38.3 Å². The van der Waals surface area contributed by atoms with E-state index >= 15 is 0 Å². The fraction of sp³-hybridized carbons (Fsp3) is 0.263. The van der Waals surface area contributed by atoms with Gasteiger partial charge in [0.2, 0.25) is 0 Å². The standard InChI is InChI=1S/C19H19NO/c1-3-7-16-14(5-1)9-10-15-6-2-4-8-17(15)19(16)18-13-20-11-12-21-18/h1-8,20H,9-13H2. The highest BCUT2D eigenvalue weighted by molar-refractivity contribution is 5.85. The van der Waals surface area contributed by atoms with E-state index in [4.69, 9.17) is 4.74 Å². The summed E-state index contributed by atoms with van der Waals surface area (Å²) in [5, 5.41) is 3.43. The largest absolute Gasteiger partial charge is 0.495 e. The zero-order valence-corrected chi connectivity index (χ0v) is 12.1. The van der Waals surface area contributed by atoms with Gasteiger partial charge in [-0.2, -0.15) is 0 Å². The molecule has 0 aromatic heterocycles. The third-order valence-electron chi connectivity index (χ3n) is 4.36. The van der Waals surface area contributed by atoms with Crippen molar-refractivity contribution in [3.8, 4) is 0 Å². The summed E-state index contributed by atoms with van der Waals surface area (Å²) in [7, 11) is 0. The van der Waals surface area contributed by atoms with Crippen molar-refractivity contribution in [2.24, 2.45) is 0 Å². The summed E-state index contributed by atoms with van der Waals surface area (Å²) in [5.41, 5.74) is 6.80. The average Bonchev–Trinajstić information content (AvgIpc) is 2.72. The Morgan fingerprint density at radius 1 is 0.810 bits per heavy atom. The van der Waals surface area contributed by atoms with Crippen LogP contribution >= 0.6 is 0 Å². The normalized spacial score (nSPS) is 17.5. The molecule has 0 radical (unpaired) electrons. The quantitative estimate of drug-likeness (QED) is 0.798. The fourth-order valence-corrected chi connectivity index (χ4v) is 3.34. The molecule has 21 heavy (non-hydrogen) atoms. The molecule has 1 aliphatic heterocycles. The smallest absolute Gasteiger partial charge is 0.118 e. The molecular formula is C19H19NO. The number of aryl methyl sites for hydroxylation is 2. The first kappa shape index (κ1) is 12.7. The van der Waals surface area contributed by atoms with Gasteiger partial charge in [0.15, 0.2) is 0 Å². The van der Waals surface area contributed by atoms with E-state index in [0.29, 0.717) is 0 Å². The van der Waals surface area contributed by atoms with E-state index in [-0.39, 0.29) is 0 Å². The van der Waals surface area contributed by atoms with E-state index in [2.05, 4.69) is 53.8 Å². The maximum Gasteiger partial charge on any atom is 0.118 e. The molecule has 2 aromatic carbocycles. The molecule has 1 fully saturated rings. The highest BCUT2D eigenvalue weighted by Crippen LogP contribution is 2.36. The van der Waals surface area contributed by atoms with Crippen LogP contribution in [0.15, 0.2) is 54.3 Å². The van der Waals surface area contributed by atoms with Gasteiger partial charge in [0.25, 0.3) is 0 Å². The molecule has 1 saturated heterocycles. The van der Waals surface area contributed by atoms with E-state index < -0.39 is 0 Å². The van der Waals surface area contributed by atoms with Crippen LogP contribution in [0.25, 0.3) is 5.57 Å². The maximum absolute atomic E-state index is 6.00. The summed E-state index contributed by atoms with van der Waals surface area (Å²) >= 11 is 0. The van der Waals surface area contributed by atoms with Gasteiger partial charge in [-0.05, 0) is 35.1 Å². The molecule has 0 saturated carbocycles. The van der Waals surface area contributed by atoms with Gasteiger partial charge in [0, 0.05) is 12.1 Å². The van der Waals surface area contributed by atoms with E-state index in [9.17, 15) is 0 Å². The second kappa shape index (κ2) is 5.38. The van der Waals surface area contributed by atoms with Crippen molar-refractivity contribution in [1.82, 2.24) is 5.32 Å². The number of hydrogen-bond acceptors (Lipinski definition) is 2. The highest BCUT2D eigenvalue weighted by atomic mass is 16.5. The second-order valence-corrected chi connectivity index (χ2v) is 5.64. The zero-order valence-electron chi connectivity index (χ0n) is 12.1. The Balaban J connectivity index is 1.98. The number of ether oxygens (including phenoxy) is 1. The molecule has 0 atom stereocenters. The Kier molecular flexibility index (Phi) is 3.24. The topological polar surface area (TPSA) is 21.3 Å². The monoisotopic (exact) mass is 277 g/mol. The molecule has 106 valence electrons. The first-order chi connectivity index (χ1) is 10.4. The predicted octanol–water partition coefficient (Wildman–Crippen LogP) is 3.16. The summed E-state index contributed by atoms with van der Waals surface area (Å²) in [6.45, 7) is 2.50. The number of fused-ring (bicyclic) bond motifs is 2. The average molecular weight is 277 g/mol. The summed E-state index contributed by atoms with van der Waals surface area (Å²) in [5.74, 6) is 1.09. The third kappa shape index (κ3) is 2.26. The van der Waals surface area contributed by atoms with Crippen LogP contribution in [0, 0.1) is 0 Å². The lowest BCUT2D eigenvalue weighted by Gasteiger charge is -2.23. The number of nitrogens with one attached hydrogen (secondary N) is 1. The number of morpholine rings is 1. The second-order valence-electron chi connectivity index (χ2n) is 5.64. The van der Waals surface area contributed by atoms with Crippen molar-refractivity contribution < 1.29 is 4.74 Å². The molecule has 2 nitrogen and oxygen atoms in total. The van der Waals surface area contributed by atoms with Crippen molar-refractivity contribution >= 4 is 5.57 Å². The molecule has 2 heteroatoms. The van der Waals surface area contributed by atoms with Gasteiger partial charge in [0.1, 0.15) is 12.4 Å². The van der Waals surface area contributed by atoms with Gasteiger partial charge in [-0.3, -0.25) is 0 Å². The summed E-state index contributed by atoms with van der Waals surface area (Å²) < 4.78 is 6.00. The molecule has 2 aliphatic rings. The highest BCUT2D eigenvalue weighted by Gasteiger charge is 2.22. The lowest BCUT2D eigenvalue weighted by Crippen LogP contribution is -2.30.